The summed E-state index contributed by atoms with van der Waals surface area (Å²) in [6.45, 7) is 3.18. The first-order valence-corrected chi connectivity index (χ1v) is 10.3. The highest BCUT2D eigenvalue weighted by Gasteiger charge is 2.46. The highest BCUT2D eigenvalue weighted by molar-refractivity contribution is 5.94. The number of hydrogen-bond donors (Lipinski definition) is 1. The maximum Gasteiger partial charge on any atom is 0.251 e. The topological polar surface area (TPSA) is 93.5 Å². The average Bonchev–Trinajstić information content (AvgIpc) is 3.48. The molecule has 8 heteroatoms. The van der Waals surface area contributed by atoms with Crippen molar-refractivity contribution in [3.8, 4) is 5.69 Å². The standard InChI is InChI=1S/C22H26N4O4/c1-15(12-20(28)26-10-7-19-21(26)18(27)13-30-19)6-8-24-22(29)16-2-4-17(5-3-16)25-11-9-23-14-25/h2-5,9,11,14-15,19,21H,6-8,10,12-13H2,1H3,(H,24,29). The molecule has 3 atom stereocenters. The maximum atomic E-state index is 12.6. The molecule has 0 radical (unpaired) electrons. The molecule has 30 heavy (non-hydrogen) atoms. The Hall–Kier alpha value is -3.00. The Morgan fingerprint density at radius 2 is 2.10 bits per heavy atom. The third-order valence-corrected chi connectivity index (χ3v) is 5.81. The first-order chi connectivity index (χ1) is 14.5. The van der Waals surface area contributed by atoms with Crippen molar-refractivity contribution in [3.05, 3.63) is 48.5 Å². The summed E-state index contributed by atoms with van der Waals surface area (Å²) >= 11 is 0. The summed E-state index contributed by atoms with van der Waals surface area (Å²) in [7, 11) is 0. The van der Waals surface area contributed by atoms with Crippen LogP contribution in [0.3, 0.4) is 0 Å². The number of fused-ring (bicyclic) bond motifs is 1. The lowest BCUT2D eigenvalue weighted by Gasteiger charge is -2.23. The highest BCUT2D eigenvalue weighted by Crippen LogP contribution is 2.28. The predicted molar refractivity (Wildman–Crippen MR) is 109 cm³/mol. The molecular formula is C22H26N4O4. The van der Waals surface area contributed by atoms with Crippen molar-refractivity contribution in [2.45, 2.75) is 38.3 Å². The van der Waals surface area contributed by atoms with E-state index in [1.165, 1.54) is 0 Å². The summed E-state index contributed by atoms with van der Waals surface area (Å²) in [6, 6.07) is 6.91. The number of Topliss-reactive ketones (excluding diaryl/α,β-unsaturated/α-hetero) is 1. The van der Waals surface area contributed by atoms with Gasteiger partial charge in [0.05, 0.1) is 12.4 Å². The Balaban J connectivity index is 1.21. The molecule has 3 unspecified atom stereocenters. The van der Waals surface area contributed by atoms with Crippen molar-refractivity contribution >= 4 is 17.6 Å². The molecule has 1 aromatic carbocycles. The largest absolute Gasteiger partial charge is 0.368 e. The molecule has 2 aromatic rings. The van der Waals surface area contributed by atoms with Gasteiger partial charge in [0.25, 0.3) is 5.91 Å². The van der Waals surface area contributed by atoms with Gasteiger partial charge in [0.15, 0.2) is 5.78 Å². The second-order valence-electron chi connectivity index (χ2n) is 8.01. The number of aromatic nitrogens is 2. The van der Waals surface area contributed by atoms with Gasteiger partial charge < -0.3 is 19.5 Å². The first kappa shape index (κ1) is 20.3. The molecule has 2 aliphatic rings. The number of hydrogen-bond acceptors (Lipinski definition) is 5. The van der Waals surface area contributed by atoms with E-state index in [1.54, 1.807) is 29.6 Å². The van der Waals surface area contributed by atoms with Gasteiger partial charge in [-0.25, -0.2) is 4.98 Å². The summed E-state index contributed by atoms with van der Waals surface area (Å²) in [5.74, 6) is -0.0280. The summed E-state index contributed by atoms with van der Waals surface area (Å²) in [6.07, 6.45) is 6.91. The van der Waals surface area contributed by atoms with Gasteiger partial charge in [-0.15, -0.1) is 0 Å². The van der Waals surface area contributed by atoms with Crippen molar-refractivity contribution < 1.29 is 19.1 Å². The third-order valence-electron chi connectivity index (χ3n) is 5.81. The Morgan fingerprint density at radius 1 is 1.30 bits per heavy atom. The Morgan fingerprint density at radius 3 is 2.83 bits per heavy atom. The van der Waals surface area contributed by atoms with Gasteiger partial charge in [0.1, 0.15) is 12.6 Å². The summed E-state index contributed by atoms with van der Waals surface area (Å²) in [5, 5.41) is 2.91. The Bertz CT molecular complexity index is 910. The smallest absolute Gasteiger partial charge is 0.251 e. The van der Waals surface area contributed by atoms with Gasteiger partial charge in [-0.2, -0.15) is 0 Å². The summed E-state index contributed by atoms with van der Waals surface area (Å²) in [5.41, 5.74) is 1.52. The maximum absolute atomic E-state index is 12.6. The van der Waals surface area contributed by atoms with Crippen molar-refractivity contribution in [1.29, 1.82) is 0 Å². The van der Waals surface area contributed by atoms with Crippen molar-refractivity contribution in [2.24, 2.45) is 5.92 Å². The second-order valence-corrected chi connectivity index (χ2v) is 8.01. The van der Waals surface area contributed by atoms with E-state index in [4.69, 9.17) is 4.74 Å². The zero-order valence-electron chi connectivity index (χ0n) is 17.0. The normalized spacial score (nSPS) is 21.5. The number of carbonyl (C=O) groups is 3. The van der Waals surface area contributed by atoms with Gasteiger partial charge >= 0.3 is 0 Å². The van der Waals surface area contributed by atoms with E-state index in [-0.39, 0.29) is 36.2 Å². The fourth-order valence-electron chi connectivity index (χ4n) is 4.12. The average molecular weight is 410 g/mol. The minimum atomic E-state index is -0.394. The number of ether oxygens (including phenoxy) is 1. The molecular weight excluding hydrogens is 384 g/mol. The number of nitrogens with one attached hydrogen (secondary N) is 1. The van der Waals surface area contributed by atoms with Gasteiger partial charge in [-0.1, -0.05) is 6.92 Å². The van der Waals surface area contributed by atoms with E-state index in [1.807, 2.05) is 29.8 Å². The fraction of sp³-hybridized carbons (Fsp3) is 0.455. The van der Waals surface area contributed by atoms with E-state index < -0.39 is 6.04 Å². The zero-order valence-corrected chi connectivity index (χ0v) is 17.0. The van der Waals surface area contributed by atoms with Crippen molar-refractivity contribution in [3.63, 3.8) is 0 Å². The lowest BCUT2D eigenvalue weighted by Crippen LogP contribution is -2.42. The van der Waals surface area contributed by atoms with Gasteiger partial charge in [0, 0.05) is 43.2 Å². The molecule has 0 spiro atoms. The van der Waals surface area contributed by atoms with E-state index in [2.05, 4.69) is 10.3 Å². The summed E-state index contributed by atoms with van der Waals surface area (Å²) in [4.78, 5) is 42.6. The number of imidazole rings is 1. The molecule has 4 rings (SSSR count). The van der Waals surface area contributed by atoms with Crippen LogP contribution in [0, 0.1) is 5.92 Å². The Kier molecular flexibility index (Phi) is 5.94. The van der Waals surface area contributed by atoms with Crippen LogP contribution in [0.25, 0.3) is 5.69 Å². The highest BCUT2D eigenvalue weighted by atomic mass is 16.5. The number of likely N-dealkylation sites (tertiary alicyclic amines) is 1. The minimum absolute atomic E-state index is 0.00438. The SMILES string of the molecule is CC(CCNC(=O)c1ccc(-n2ccnc2)cc1)CC(=O)N1CCC2OCC(=O)C21. The van der Waals surface area contributed by atoms with Gasteiger partial charge in [0.2, 0.25) is 5.91 Å². The van der Waals surface area contributed by atoms with Crippen LogP contribution in [-0.2, 0) is 14.3 Å². The van der Waals surface area contributed by atoms with Crippen molar-refractivity contribution in [1.82, 2.24) is 19.8 Å². The number of rotatable bonds is 7. The summed E-state index contributed by atoms with van der Waals surface area (Å²) < 4.78 is 7.31. The molecule has 8 nitrogen and oxygen atoms in total. The second kappa shape index (κ2) is 8.79. The number of benzene rings is 1. The third kappa shape index (κ3) is 4.28. The first-order valence-electron chi connectivity index (χ1n) is 10.3. The number of amides is 2. The van der Waals surface area contributed by atoms with E-state index >= 15 is 0 Å². The van der Waals surface area contributed by atoms with Gasteiger partial charge in [-0.05, 0) is 43.0 Å². The fourth-order valence-corrected chi connectivity index (χ4v) is 4.12. The number of nitrogens with zero attached hydrogens (tertiary/aromatic N) is 3. The van der Waals surface area contributed by atoms with Crippen LogP contribution in [0.5, 0.6) is 0 Å². The molecule has 2 amide bonds. The zero-order chi connectivity index (χ0) is 21.1. The molecule has 0 saturated carbocycles. The van der Waals surface area contributed by atoms with E-state index in [9.17, 15) is 14.4 Å². The monoisotopic (exact) mass is 410 g/mol. The molecule has 2 saturated heterocycles. The molecule has 2 fully saturated rings. The van der Waals surface area contributed by atoms with Crippen LogP contribution in [0.2, 0.25) is 0 Å². The van der Waals surface area contributed by atoms with Gasteiger partial charge in [-0.3, -0.25) is 14.4 Å². The van der Waals surface area contributed by atoms with Crippen molar-refractivity contribution in [2.75, 3.05) is 19.7 Å². The molecule has 2 aliphatic heterocycles. The number of ketones is 1. The van der Waals surface area contributed by atoms with Crippen LogP contribution in [0.15, 0.2) is 43.0 Å². The lowest BCUT2D eigenvalue weighted by molar-refractivity contribution is -0.137. The van der Waals surface area contributed by atoms with E-state index in [0.717, 1.165) is 12.1 Å². The molecule has 0 aliphatic carbocycles. The van der Waals surface area contributed by atoms with Crippen LogP contribution in [0.1, 0.15) is 36.5 Å². The Labute approximate surface area is 175 Å². The molecule has 158 valence electrons. The quantitative estimate of drug-likeness (QED) is 0.748. The molecule has 1 N–H and O–H groups in total. The lowest BCUT2D eigenvalue weighted by atomic mass is 10.0. The molecule has 0 bridgehead atoms. The van der Waals surface area contributed by atoms with Crippen LogP contribution in [0.4, 0.5) is 0 Å². The van der Waals surface area contributed by atoms with Crippen LogP contribution in [-0.4, -0.2) is 63.9 Å². The predicted octanol–water partition coefficient (Wildman–Crippen LogP) is 1.59. The molecule has 3 heterocycles. The van der Waals surface area contributed by atoms with Crippen LogP contribution < -0.4 is 5.32 Å². The molecule has 1 aromatic heterocycles. The minimum Gasteiger partial charge on any atom is -0.368 e. The van der Waals surface area contributed by atoms with Crippen LogP contribution >= 0.6 is 0 Å². The van der Waals surface area contributed by atoms with E-state index in [0.29, 0.717) is 31.5 Å². The number of carbonyl (C=O) groups excluding carboxylic acids is 3.